The fourth-order valence-electron chi connectivity index (χ4n) is 3.25. The summed E-state index contributed by atoms with van der Waals surface area (Å²) in [4.78, 5) is 0. The third-order valence-electron chi connectivity index (χ3n) is 4.47. The summed E-state index contributed by atoms with van der Waals surface area (Å²) in [5.74, 6) is 2.77. The van der Waals surface area contributed by atoms with Crippen LogP contribution < -0.4 is 14.8 Å². The molecule has 0 amide bonds. The van der Waals surface area contributed by atoms with Gasteiger partial charge in [0.15, 0.2) is 11.5 Å². The van der Waals surface area contributed by atoms with Crippen molar-refractivity contribution < 1.29 is 14.6 Å². The molecule has 0 bridgehead atoms. The number of hydrogen-bond acceptors (Lipinski definition) is 4. The summed E-state index contributed by atoms with van der Waals surface area (Å²) < 4.78 is 10.7. The average molecular weight is 277 g/mol. The van der Waals surface area contributed by atoms with Gasteiger partial charge >= 0.3 is 0 Å². The highest BCUT2D eigenvalue weighted by atomic mass is 16.7. The van der Waals surface area contributed by atoms with E-state index in [0.29, 0.717) is 25.2 Å². The van der Waals surface area contributed by atoms with Gasteiger partial charge < -0.3 is 19.9 Å². The van der Waals surface area contributed by atoms with Crippen molar-refractivity contribution in [3.05, 3.63) is 23.8 Å². The summed E-state index contributed by atoms with van der Waals surface area (Å²) in [5, 5.41) is 12.9. The Kier molecular flexibility index (Phi) is 4.43. The molecule has 2 unspecified atom stereocenters. The van der Waals surface area contributed by atoms with Gasteiger partial charge in [-0.15, -0.1) is 0 Å². The molecule has 1 saturated carbocycles. The molecule has 110 valence electrons. The second-order valence-corrected chi connectivity index (χ2v) is 5.81. The smallest absolute Gasteiger partial charge is 0.231 e. The molecule has 1 aliphatic carbocycles. The van der Waals surface area contributed by atoms with E-state index >= 15 is 0 Å². The van der Waals surface area contributed by atoms with Crippen molar-refractivity contribution in [3.63, 3.8) is 0 Å². The monoisotopic (exact) mass is 277 g/mol. The Balaban J connectivity index is 1.49. The lowest BCUT2D eigenvalue weighted by molar-refractivity contribution is 0.133. The maximum atomic E-state index is 9.43. The normalized spacial score (nSPS) is 24.9. The number of benzene rings is 1. The van der Waals surface area contributed by atoms with E-state index in [9.17, 15) is 5.11 Å². The summed E-state index contributed by atoms with van der Waals surface area (Å²) >= 11 is 0. The standard InChI is InChI=1S/C16H23NO3/c18-10-14-4-2-1-3-13(14)9-17-8-12-5-6-15-16(7-12)20-11-19-15/h5-7,13-14,17-18H,1-4,8-11H2. The number of ether oxygens (including phenoxy) is 2. The van der Waals surface area contributed by atoms with Crippen LogP contribution in [-0.2, 0) is 6.54 Å². The topological polar surface area (TPSA) is 50.7 Å². The van der Waals surface area contributed by atoms with Crippen LogP contribution >= 0.6 is 0 Å². The third-order valence-corrected chi connectivity index (χ3v) is 4.47. The highest BCUT2D eigenvalue weighted by Gasteiger charge is 2.23. The summed E-state index contributed by atoms with van der Waals surface area (Å²) in [6, 6.07) is 6.08. The van der Waals surface area contributed by atoms with Gasteiger partial charge in [-0.1, -0.05) is 18.9 Å². The van der Waals surface area contributed by atoms with Gasteiger partial charge in [0.1, 0.15) is 0 Å². The van der Waals surface area contributed by atoms with Gasteiger partial charge in [-0.05, 0) is 48.9 Å². The van der Waals surface area contributed by atoms with Crippen LogP contribution in [0.25, 0.3) is 0 Å². The molecular formula is C16H23NO3. The number of aliphatic hydroxyl groups excluding tert-OH is 1. The van der Waals surface area contributed by atoms with Crippen molar-refractivity contribution in [3.8, 4) is 11.5 Å². The molecule has 3 rings (SSSR count). The van der Waals surface area contributed by atoms with Crippen molar-refractivity contribution >= 4 is 0 Å². The maximum absolute atomic E-state index is 9.43. The van der Waals surface area contributed by atoms with Crippen molar-refractivity contribution in [1.82, 2.24) is 5.32 Å². The molecule has 1 heterocycles. The minimum Gasteiger partial charge on any atom is -0.454 e. The van der Waals surface area contributed by atoms with Crippen molar-refractivity contribution in [2.24, 2.45) is 11.8 Å². The van der Waals surface area contributed by atoms with E-state index in [2.05, 4.69) is 11.4 Å². The lowest BCUT2D eigenvalue weighted by Gasteiger charge is -2.30. The zero-order valence-electron chi connectivity index (χ0n) is 11.8. The largest absolute Gasteiger partial charge is 0.454 e. The minimum absolute atomic E-state index is 0.326. The first-order valence-corrected chi connectivity index (χ1v) is 7.57. The summed E-state index contributed by atoms with van der Waals surface area (Å²) in [6.45, 7) is 2.48. The molecular weight excluding hydrogens is 254 g/mol. The lowest BCUT2D eigenvalue weighted by Crippen LogP contribution is -2.32. The van der Waals surface area contributed by atoms with E-state index in [0.717, 1.165) is 24.6 Å². The van der Waals surface area contributed by atoms with Crippen LogP contribution in [0.2, 0.25) is 0 Å². The fourth-order valence-corrected chi connectivity index (χ4v) is 3.25. The predicted octanol–water partition coefficient (Wildman–Crippen LogP) is 2.30. The average Bonchev–Trinajstić information content (AvgIpc) is 2.95. The van der Waals surface area contributed by atoms with E-state index in [1.165, 1.54) is 31.2 Å². The molecule has 0 spiro atoms. The number of fused-ring (bicyclic) bond motifs is 1. The Hall–Kier alpha value is -1.26. The van der Waals surface area contributed by atoms with E-state index in [4.69, 9.17) is 9.47 Å². The van der Waals surface area contributed by atoms with Gasteiger partial charge in [-0.2, -0.15) is 0 Å². The molecule has 1 fully saturated rings. The van der Waals surface area contributed by atoms with Gasteiger partial charge in [0.2, 0.25) is 6.79 Å². The van der Waals surface area contributed by atoms with Crippen LogP contribution in [-0.4, -0.2) is 25.1 Å². The van der Waals surface area contributed by atoms with Gasteiger partial charge in [-0.3, -0.25) is 0 Å². The zero-order valence-corrected chi connectivity index (χ0v) is 11.8. The molecule has 2 N–H and O–H groups in total. The van der Waals surface area contributed by atoms with Crippen LogP contribution in [0.5, 0.6) is 11.5 Å². The molecule has 2 atom stereocenters. The molecule has 0 aromatic heterocycles. The van der Waals surface area contributed by atoms with Crippen molar-refractivity contribution in [2.75, 3.05) is 19.9 Å². The number of aliphatic hydroxyl groups is 1. The summed E-state index contributed by atoms with van der Waals surface area (Å²) in [5.41, 5.74) is 1.21. The Labute approximate surface area is 120 Å². The van der Waals surface area contributed by atoms with E-state index in [1.54, 1.807) is 0 Å². The summed E-state index contributed by atoms with van der Waals surface area (Å²) in [6.07, 6.45) is 4.98. The number of rotatable bonds is 5. The first-order chi connectivity index (χ1) is 9.86. The molecule has 2 aliphatic rings. The molecule has 1 aliphatic heterocycles. The van der Waals surface area contributed by atoms with Gasteiger partial charge in [0, 0.05) is 13.2 Å². The van der Waals surface area contributed by atoms with E-state index < -0.39 is 0 Å². The van der Waals surface area contributed by atoms with Crippen LogP contribution in [0.4, 0.5) is 0 Å². The van der Waals surface area contributed by atoms with Crippen molar-refractivity contribution in [1.29, 1.82) is 0 Å². The molecule has 0 radical (unpaired) electrons. The second kappa shape index (κ2) is 6.46. The molecule has 1 aromatic rings. The number of hydrogen-bond donors (Lipinski definition) is 2. The quantitative estimate of drug-likeness (QED) is 0.867. The lowest BCUT2D eigenvalue weighted by atomic mass is 9.79. The Bertz CT molecular complexity index is 449. The van der Waals surface area contributed by atoms with Crippen LogP contribution in [0.1, 0.15) is 31.2 Å². The van der Waals surface area contributed by atoms with Crippen molar-refractivity contribution in [2.45, 2.75) is 32.2 Å². The molecule has 4 heteroatoms. The Morgan fingerprint density at radius 2 is 1.90 bits per heavy atom. The zero-order chi connectivity index (χ0) is 13.8. The molecule has 20 heavy (non-hydrogen) atoms. The first kappa shape index (κ1) is 13.7. The van der Waals surface area contributed by atoms with E-state index in [1.807, 2.05) is 12.1 Å². The van der Waals surface area contributed by atoms with Gasteiger partial charge in [0.25, 0.3) is 0 Å². The maximum Gasteiger partial charge on any atom is 0.231 e. The van der Waals surface area contributed by atoms with E-state index in [-0.39, 0.29) is 0 Å². The summed E-state index contributed by atoms with van der Waals surface area (Å²) in [7, 11) is 0. The van der Waals surface area contributed by atoms with Crippen LogP contribution in [0.15, 0.2) is 18.2 Å². The highest BCUT2D eigenvalue weighted by Crippen LogP contribution is 2.32. The van der Waals surface area contributed by atoms with Gasteiger partial charge in [0.05, 0.1) is 0 Å². The highest BCUT2D eigenvalue weighted by molar-refractivity contribution is 5.44. The predicted molar refractivity (Wildman–Crippen MR) is 76.8 cm³/mol. The number of nitrogens with one attached hydrogen (secondary N) is 1. The van der Waals surface area contributed by atoms with Gasteiger partial charge in [-0.25, -0.2) is 0 Å². The first-order valence-electron chi connectivity index (χ1n) is 7.57. The fraction of sp³-hybridized carbons (Fsp3) is 0.625. The second-order valence-electron chi connectivity index (χ2n) is 5.81. The minimum atomic E-state index is 0.326. The molecule has 0 saturated heterocycles. The molecule has 1 aromatic carbocycles. The molecule has 4 nitrogen and oxygen atoms in total. The van der Waals surface area contributed by atoms with Crippen LogP contribution in [0.3, 0.4) is 0 Å². The Morgan fingerprint density at radius 1 is 1.10 bits per heavy atom. The van der Waals surface area contributed by atoms with Crippen LogP contribution in [0, 0.1) is 11.8 Å². The third kappa shape index (κ3) is 3.07. The SMILES string of the molecule is OCC1CCCCC1CNCc1ccc2c(c1)OCO2. The Morgan fingerprint density at radius 3 is 2.75 bits per heavy atom.